The molecule has 2 aromatic rings. The van der Waals surface area contributed by atoms with Gasteiger partial charge in [-0.05, 0) is 30.7 Å². The Balaban J connectivity index is 1.57. The average molecular weight is 354 g/mol. The lowest BCUT2D eigenvalue weighted by atomic mass is 10.1. The van der Waals surface area contributed by atoms with Crippen molar-refractivity contribution in [2.45, 2.75) is 19.6 Å². The fourth-order valence-electron chi connectivity index (χ4n) is 2.41. The summed E-state index contributed by atoms with van der Waals surface area (Å²) < 4.78 is 10.5. The van der Waals surface area contributed by atoms with E-state index in [0.717, 1.165) is 5.56 Å². The summed E-state index contributed by atoms with van der Waals surface area (Å²) in [6.07, 6.45) is -0.942. The highest BCUT2D eigenvalue weighted by molar-refractivity contribution is 5.98. The lowest BCUT2D eigenvalue weighted by Gasteiger charge is -2.19. The van der Waals surface area contributed by atoms with E-state index in [1.54, 1.807) is 6.07 Å². The first-order chi connectivity index (χ1) is 12.5. The van der Waals surface area contributed by atoms with Gasteiger partial charge in [0.25, 0.3) is 11.8 Å². The van der Waals surface area contributed by atoms with Crippen molar-refractivity contribution in [2.24, 2.45) is 0 Å². The van der Waals surface area contributed by atoms with Crippen molar-refractivity contribution in [1.82, 2.24) is 5.32 Å². The summed E-state index contributed by atoms with van der Waals surface area (Å²) in [5.41, 5.74) is 1.68. The molecule has 1 unspecified atom stereocenters. The lowest BCUT2D eigenvalue weighted by molar-refractivity contribution is -0.129. The third kappa shape index (κ3) is 4.18. The van der Waals surface area contributed by atoms with Crippen LogP contribution < -0.4 is 15.4 Å². The summed E-state index contributed by atoms with van der Waals surface area (Å²) in [5.74, 6) is -0.892. The van der Waals surface area contributed by atoms with E-state index >= 15 is 0 Å². The molecular formula is C19H18N2O5. The van der Waals surface area contributed by atoms with E-state index in [2.05, 4.69) is 10.6 Å². The lowest BCUT2D eigenvalue weighted by Crippen LogP contribution is -2.35. The number of hydrogen-bond donors (Lipinski definition) is 2. The third-order valence-electron chi connectivity index (χ3n) is 3.81. The highest BCUT2D eigenvalue weighted by atomic mass is 16.5. The molecule has 0 bridgehead atoms. The number of carbonyl (C=O) groups is 3. The maximum atomic E-state index is 12.2. The molecular weight excluding hydrogens is 336 g/mol. The van der Waals surface area contributed by atoms with Crippen molar-refractivity contribution in [2.75, 3.05) is 11.9 Å². The van der Waals surface area contributed by atoms with Crippen LogP contribution in [0.15, 0.2) is 48.5 Å². The number of fused-ring (bicyclic) bond motifs is 1. The molecule has 2 N–H and O–H groups in total. The molecule has 134 valence electrons. The summed E-state index contributed by atoms with van der Waals surface area (Å²) in [6, 6.07) is 14.0. The highest BCUT2D eigenvalue weighted by Crippen LogP contribution is 2.28. The second kappa shape index (κ2) is 7.69. The Labute approximate surface area is 150 Å². The van der Waals surface area contributed by atoms with Crippen molar-refractivity contribution >= 4 is 23.5 Å². The van der Waals surface area contributed by atoms with Crippen LogP contribution in [0.1, 0.15) is 22.8 Å². The van der Waals surface area contributed by atoms with Crippen LogP contribution in [0, 0.1) is 0 Å². The summed E-state index contributed by atoms with van der Waals surface area (Å²) in [5, 5.41) is 5.36. The number of benzene rings is 2. The topological polar surface area (TPSA) is 93.7 Å². The zero-order valence-electron chi connectivity index (χ0n) is 14.2. The van der Waals surface area contributed by atoms with Crippen molar-refractivity contribution in [3.05, 3.63) is 59.7 Å². The van der Waals surface area contributed by atoms with Crippen LogP contribution in [0.4, 0.5) is 5.69 Å². The second-order valence-electron chi connectivity index (χ2n) is 5.80. The molecule has 1 aliphatic heterocycles. The Bertz CT molecular complexity index is 835. The van der Waals surface area contributed by atoms with Gasteiger partial charge in [0.15, 0.2) is 12.7 Å². The molecule has 7 heteroatoms. The molecule has 0 saturated heterocycles. The van der Waals surface area contributed by atoms with Gasteiger partial charge in [-0.2, -0.15) is 0 Å². The van der Waals surface area contributed by atoms with Gasteiger partial charge in [-0.1, -0.05) is 30.3 Å². The van der Waals surface area contributed by atoms with Crippen molar-refractivity contribution in [3.63, 3.8) is 0 Å². The van der Waals surface area contributed by atoms with E-state index in [9.17, 15) is 14.4 Å². The van der Waals surface area contributed by atoms with Gasteiger partial charge in [-0.25, -0.2) is 4.79 Å². The number of amides is 2. The molecule has 7 nitrogen and oxygen atoms in total. The molecule has 0 aliphatic carbocycles. The molecule has 0 fully saturated rings. The van der Waals surface area contributed by atoms with Crippen LogP contribution in [0.3, 0.4) is 0 Å². The Morgan fingerprint density at radius 3 is 2.77 bits per heavy atom. The van der Waals surface area contributed by atoms with Crippen LogP contribution in [0.5, 0.6) is 5.75 Å². The molecule has 0 spiro atoms. The Hall–Kier alpha value is -3.35. The molecule has 26 heavy (non-hydrogen) atoms. The van der Waals surface area contributed by atoms with Crippen LogP contribution in [0.25, 0.3) is 0 Å². The minimum absolute atomic E-state index is 0.107. The van der Waals surface area contributed by atoms with Gasteiger partial charge in [-0.3, -0.25) is 9.59 Å². The van der Waals surface area contributed by atoms with Gasteiger partial charge < -0.3 is 20.1 Å². The van der Waals surface area contributed by atoms with Crippen LogP contribution in [-0.4, -0.2) is 30.5 Å². The maximum absolute atomic E-state index is 12.2. The number of ether oxygens (including phenoxy) is 2. The normalized spacial score (nSPS) is 13.7. The van der Waals surface area contributed by atoms with E-state index in [1.165, 1.54) is 19.1 Å². The first kappa shape index (κ1) is 17.5. The minimum Gasteiger partial charge on any atom is -0.482 e. The Kier molecular flexibility index (Phi) is 5.17. The number of carbonyl (C=O) groups excluding carboxylic acids is 3. The fraction of sp³-hybridized carbons (Fsp3) is 0.211. The monoisotopic (exact) mass is 354 g/mol. The third-order valence-corrected chi connectivity index (χ3v) is 3.81. The van der Waals surface area contributed by atoms with Crippen molar-refractivity contribution in [1.29, 1.82) is 0 Å². The zero-order valence-corrected chi connectivity index (χ0v) is 14.2. The van der Waals surface area contributed by atoms with Gasteiger partial charge >= 0.3 is 5.97 Å². The van der Waals surface area contributed by atoms with E-state index in [4.69, 9.17) is 9.47 Å². The number of nitrogens with one attached hydrogen (secondary N) is 2. The smallest absolute Gasteiger partial charge is 0.339 e. The maximum Gasteiger partial charge on any atom is 0.339 e. The highest BCUT2D eigenvalue weighted by Gasteiger charge is 2.21. The molecule has 1 aliphatic rings. The van der Waals surface area contributed by atoms with E-state index in [-0.39, 0.29) is 24.0 Å². The molecule has 0 saturated carbocycles. The largest absolute Gasteiger partial charge is 0.482 e. The van der Waals surface area contributed by atoms with Gasteiger partial charge in [0.2, 0.25) is 0 Å². The SMILES string of the molecule is CC(OC(=O)c1ccc2c(c1)OCC(=O)N2)C(=O)NCc1ccccc1. The van der Waals surface area contributed by atoms with Gasteiger partial charge in [0.1, 0.15) is 5.75 Å². The molecule has 0 aromatic heterocycles. The molecule has 1 atom stereocenters. The van der Waals surface area contributed by atoms with Gasteiger partial charge in [0.05, 0.1) is 11.3 Å². The molecule has 1 heterocycles. The molecule has 0 radical (unpaired) electrons. The van der Waals surface area contributed by atoms with Gasteiger partial charge in [-0.15, -0.1) is 0 Å². The predicted molar refractivity (Wildman–Crippen MR) is 93.7 cm³/mol. The summed E-state index contributed by atoms with van der Waals surface area (Å²) in [4.78, 5) is 35.6. The van der Waals surface area contributed by atoms with Crippen molar-refractivity contribution < 1.29 is 23.9 Å². The predicted octanol–water partition coefficient (Wildman–Crippen LogP) is 1.88. The number of rotatable bonds is 5. The number of hydrogen-bond acceptors (Lipinski definition) is 5. The van der Waals surface area contributed by atoms with E-state index < -0.39 is 12.1 Å². The second-order valence-corrected chi connectivity index (χ2v) is 5.80. The Morgan fingerprint density at radius 1 is 1.23 bits per heavy atom. The van der Waals surface area contributed by atoms with Crippen LogP contribution >= 0.6 is 0 Å². The summed E-state index contributed by atoms with van der Waals surface area (Å²) in [6.45, 7) is 1.76. The average Bonchev–Trinajstić information content (AvgIpc) is 2.66. The first-order valence-electron chi connectivity index (χ1n) is 8.12. The zero-order chi connectivity index (χ0) is 18.5. The quantitative estimate of drug-likeness (QED) is 0.800. The van der Waals surface area contributed by atoms with E-state index in [1.807, 2.05) is 30.3 Å². The fourth-order valence-corrected chi connectivity index (χ4v) is 2.41. The molecule has 2 aromatic carbocycles. The van der Waals surface area contributed by atoms with Gasteiger partial charge in [0, 0.05) is 6.54 Å². The number of anilines is 1. The standard InChI is InChI=1S/C19H18N2O5/c1-12(18(23)20-10-13-5-3-2-4-6-13)26-19(24)14-7-8-15-16(9-14)25-11-17(22)21-15/h2-9,12H,10-11H2,1H3,(H,20,23)(H,21,22). The minimum atomic E-state index is -0.942. The van der Waals surface area contributed by atoms with Crippen LogP contribution in [-0.2, 0) is 20.9 Å². The first-order valence-corrected chi connectivity index (χ1v) is 8.12. The Morgan fingerprint density at radius 2 is 2.00 bits per heavy atom. The van der Waals surface area contributed by atoms with Crippen molar-refractivity contribution in [3.8, 4) is 5.75 Å². The summed E-state index contributed by atoms with van der Waals surface area (Å²) >= 11 is 0. The van der Waals surface area contributed by atoms with E-state index in [0.29, 0.717) is 18.0 Å². The summed E-state index contributed by atoms with van der Waals surface area (Å²) in [7, 11) is 0. The van der Waals surface area contributed by atoms with Crippen LogP contribution in [0.2, 0.25) is 0 Å². The molecule has 2 amide bonds. The molecule has 3 rings (SSSR count). The number of esters is 1.